The Labute approximate surface area is 107 Å². The molecule has 0 spiro atoms. The molecule has 2 rings (SSSR count). The van der Waals surface area contributed by atoms with Crippen LogP contribution in [0.2, 0.25) is 5.02 Å². The molecule has 0 bridgehead atoms. The fourth-order valence-electron chi connectivity index (χ4n) is 1.08. The number of thioether (sulfide) groups is 1. The molecule has 0 radical (unpaired) electrons. The van der Waals surface area contributed by atoms with Crippen molar-refractivity contribution >= 4 is 50.6 Å². The van der Waals surface area contributed by atoms with E-state index in [2.05, 4.69) is 15.8 Å². The number of hydrogen-bond donors (Lipinski definition) is 3. The second-order valence-electron chi connectivity index (χ2n) is 3.01. The summed E-state index contributed by atoms with van der Waals surface area (Å²) in [4.78, 5) is 0. The Hall–Kier alpha value is -0.820. The van der Waals surface area contributed by atoms with Crippen molar-refractivity contribution in [1.82, 2.24) is 5.32 Å². The summed E-state index contributed by atoms with van der Waals surface area (Å²) in [5.41, 5.74) is 3.61. The molecule has 1 heterocycles. The lowest BCUT2D eigenvalue weighted by Gasteiger charge is -2.03. The summed E-state index contributed by atoms with van der Waals surface area (Å²) < 4.78 is 0.518. The molecule has 1 atom stereocenters. The quantitative estimate of drug-likeness (QED) is 0.568. The smallest absolute Gasteiger partial charge is 0.177 e. The lowest BCUT2D eigenvalue weighted by Crippen LogP contribution is -2.28. The van der Waals surface area contributed by atoms with E-state index < -0.39 is 6.23 Å². The third kappa shape index (κ3) is 2.85. The van der Waals surface area contributed by atoms with Crippen molar-refractivity contribution in [3.8, 4) is 0 Å². The molecular formula is C9H8ClN3OS2. The number of anilines is 1. The van der Waals surface area contributed by atoms with Crippen LogP contribution in [0.4, 0.5) is 5.69 Å². The van der Waals surface area contributed by atoms with Gasteiger partial charge in [-0.1, -0.05) is 23.8 Å². The van der Waals surface area contributed by atoms with Gasteiger partial charge in [-0.15, -0.1) is 0 Å². The van der Waals surface area contributed by atoms with Crippen molar-refractivity contribution in [2.75, 3.05) is 5.43 Å². The lowest BCUT2D eigenvalue weighted by molar-refractivity contribution is 0.234. The number of aliphatic hydroxyl groups is 1. The highest BCUT2D eigenvalue weighted by Crippen LogP contribution is 2.18. The molecular weight excluding hydrogens is 266 g/mol. The van der Waals surface area contributed by atoms with Crippen LogP contribution in [0.5, 0.6) is 0 Å². The topological polar surface area (TPSA) is 56.6 Å². The summed E-state index contributed by atoms with van der Waals surface area (Å²) in [6.07, 6.45) is -0.822. The van der Waals surface area contributed by atoms with Gasteiger partial charge in [-0.2, -0.15) is 5.10 Å². The fourth-order valence-corrected chi connectivity index (χ4v) is 2.20. The van der Waals surface area contributed by atoms with Crippen LogP contribution >= 0.6 is 35.6 Å². The van der Waals surface area contributed by atoms with Crippen LogP contribution in [0.15, 0.2) is 29.4 Å². The van der Waals surface area contributed by atoms with E-state index in [-0.39, 0.29) is 0 Å². The third-order valence-corrected chi connectivity index (χ3v) is 3.27. The van der Waals surface area contributed by atoms with E-state index in [1.54, 1.807) is 24.3 Å². The number of halogens is 1. The average Bonchev–Trinajstić information content (AvgIpc) is 2.57. The number of hydrogen-bond acceptors (Lipinski definition) is 5. The summed E-state index contributed by atoms with van der Waals surface area (Å²) in [5.74, 6) is 0. The molecule has 1 aromatic rings. The molecule has 7 heteroatoms. The molecule has 0 aliphatic carbocycles. The zero-order chi connectivity index (χ0) is 11.5. The third-order valence-electron chi connectivity index (χ3n) is 1.83. The molecule has 0 saturated carbocycles. The van der Waals surface area contributed by atoms with Gasteiger partial charge in [0.05, 0.1) is 5.69 Å². The van der Waals surface area contributed by atoms with Crippen molar-refractivity contribution in [1.29, 1.82) is 0 Å². The van der Waals surface area contributed by atoms with Gasteiger partial charge in [-0.3, -0.25) is 5.43 Å². The van der Waals surface area contributed by atoms with Gasteiger partial charge in [0, 0.05) is 5.02 Å². The fraction of sp³-hybridized carbons (Fsp3) is 0.111. The van der Waals surface area contributed by atoms with Gasteiger partial charge in [0.25, 0.3) is 0 Å². The first-order valence-electron chi connectivity index (χ1n) is 4.41. The largest absolute Gasteiger partial charge is 0.368 e. The van der Waals surface area contributed by atoms with Crippen LogP contribution in [0.3, 0.4) is 0 Å². The average molecular weight is 274 g/mol. The van der Waals surface area contributed by atoms with E-state index in [1.807, 2.05) is 0 Å². The molecule has 1 aromatic carbocycles. The van der Waals surface area contributed by atoms with Gasteiger partial charge in [0.2, 0.25) is 0 Å². The predicted molar refractivity (Wildman–Crippen MR) is 71.8 cm³/mol. The number of nitrogens with one attached hydrogen (secondary N) is 2. The molecule has 16 heavy (non-hydrogen) atoms. The number of thiocarbonyl (C=S) groups is 1. The maximum absolute atomic E-state index is 9.47. The van der Waals surface area contributed by atoms with Crippen molar-refractivity contribution in [3.63, 3.8) is 0 Å². The Balaban J connectivity index is 2.03. The van der Waals surface area contributed by atoms with Crippen LogP contribution in [-0.2, 0) is 0 Å². The molecule has 1 aliphatic heterocycles. The van der Waals surface area contributed by atoms with Gasteiger partial charge in [0.15, 0.2) is 6.23 Å². The summed E-state index contributed by atoms with van der Waals surface area (Å²) >= 11 is 11.9. The minimum absolute atomic E-state index is 0.500. The van der Waals surface area contributed by atoms with E-state index in [9.17, 15) is 5.11 Å². The highest BCUT2D eigenvalue weighted by atomic mass is 35.5. The zero-order valence-electron chi connectivity index (χ0n) is 7.98. The van der Waals surface area contributed by atoms with Crippen molar-refractivity contribution in [2.45, 2.75) is 6.23 Å². The molecule has 4 nitrogen and oxygen atoms in total. The Morgan fingerprint density at radius 1 is 1.44 bits per heavy atom. The Bertz CT molecular complexity index is 435. The second-order valence-corrected chi connectivity index (χ2v) is 5.14. The number of aliphatic hydroxyl groups excluding tert-OH is 1. The first kappa shape index (κ1) is 11.7. The Kier molecular flexibility index (Phi) is 3.65. The number of nitrogens with zero attached hydrogens (tertiary/aromatic N) is 1. The first-order chi connectivity index (χ1) is 7.65. The summed E-state index contributed by atoms with van der Waals surface area (Å²) in [6, 6.07) is 7.10. The summed E-state index contributed by atoms with van der Waals surface area (Å²) in [6.45, 7) is 0. The van der Waals surface area contributed by atoms with Gasteiger partial charge in [0.1, 0.15) is 9.36 Å². The van der Waals surface area contributed by atoms with E-state index in [0.717, 1.165) is 5.69 Å². The standard InChI is InChI=1S/C9H8ClN3OS2/c10-5-1-3-6(4-2-5)12-13-8-7(14)11-9(15)16-8/h1-4,7,12,14H,(H,11,15)/b13-8+. The molecule has 1 unspecified atom stereocenters. The first-order valence-corrected chi connectivity index (χ1v) is 6.01. The Morgan fingerprint density at radius 2 is 2.12 bits per heavy atom. The van der Waals surface area contributed by atoms with Gasteiger partial charge in [-0.05, 0) is 36.0 Å². The molecule has 1 fully saturated rings. The maximum Gasteiger partial charge on any atom is 0.177 e. The van der Waals surface area contributed by atoms with E-state index in [4.69, 9.17) is 23.8 Å². The van der Waals surface area contributed by atoms with E-state index >= 15 is 0 Å². The molecule has 84 valence electrons. The molecule has 1 aliphatic rings. The molecule has 0 aromatic heterocycles. The predicted octanol–water partition coefficient (Wildman–Crippen LogP) is 2.01. The molecule has 0 amide bonds. The van der Waals surface area contributed by atoms with Crippen molar-refractivity contribution < 1.29 is 5.11 Å². The number of rotatable bonds is 2. The van der Waals surface area contributed by atoms with Gasteiger partial charge >= 0.3 is 0 Å². The molecule has 1 saturated heterocycles. The summed E-state index contributed by atoms with van der Waals surface area (Å²) in [7, 11) is 0. The highest BCUT2D eigenvalue weighted by Gasteiger charge is 2.24. The summed E-state index contributed by atoms with van der Waals surface area (Å²) in [5, 5.41) is 17.3. The van der Waals surface area contributed by atoms with Crippen LogP contribution in [0.25, 0.3) is 0 Å². The van der Waals surface area contributed by atoms with E-state index in [0.29, 0.717) is 14.4 Å². The minimum Gasteiger partial charge on any atom is -0.368 e. The van der Waals surface area contributed by atoms with Gasteiger partial charge < -0.3 is 10.4 Å². The van der Waals surface area contributed by atoms with Crippen LogP contribution < -0.4 is 10.7 Å². The minimum atomic E-state index is -0.822. The number of benzene rings is 1. The van der Waals surface area contributed by atoms with Crippen LogP contribution in [0, 0.1) is 0 Å². The van der Waals surface area contributed by atoms with Crippen molar-refractivity contribution in [3.05, 3.63) is 29.3 Å². The van der Waals surface area contributed by atoms with E-state index in [1.165, 1.54) is 11.8 Å². The zero-order valence-corrected chi connectivity index (χ0v) is 10.4. The second kappa shape index (κ2) is 5.01. The molecule has 3 N–H and O–H groups in total. The van der Waals surface area contributed by atoms with Crippen LogP contribution in [0.1, 0.15) is 0 Å². The highest BCUT2D eigenvalue weighted by molar-refractivity contribution is 8.33. The SMILES string of the molecule is OC1NC(=S)S/C1=N/Nc1ccc(Cl)cc1. The van der Waals surface area contributed by atoms with Crippen molar-refractivity contribution in [2.24, 2.45) is 5.10 Å². The normalized spacial score (nSPS) is 22.2. The van der Waals surface area contributed by atoms with Gasteiger partial charge in [-0.25, -0.2) is 0 Å². The lowest BCUT2D eigenvalue weighted by atomic mass is 10.3. The van der Waals surface area contributed by atoms with Crippen LogP contribution in [-0.4, -0.2) is 20.7 Å². The Morgan fingerprint density at radius 3 is 2.69 bits per heavy atom. The maximum atomic E-state index is 9.47. The number of hydrazone groups is 1. The monoisotopic (exact) mass is 273 g/mol.